The zero-order valence-electron chi connectivity index (χ0n) is 12.3. The van der Waals surface area contributed by atoms with Gasteiger partial charge in [-0.3, -0.25) is 9.59 Å². The Balaban J connectivity index is 2.69. The van der Waals surface area contributed by atoms with Crippen LogP contribution in [-0.2, 0) is 16.1 Å². The molecule has 0 unspecified atom stereocenters. The molecule has 1 rings (SSSR count). The number of hydrogen-bond acceptors (Lipinski definition) is 3. The van der Waals surface area contributed by atoms with E-state index >= 15 is 0 Å². The fraction of sp³-hybridized carbons (Fsp3) is 0.467. The number of carbonyl (C=O) groups excluding carboxylic acids is 2. The minimum Gasteiger partial charge on any atom is -0.396 e. The van der Waals surface area contributed by atoms with Crippen LogP contribution in [0.25, 0.3) is 0 Å². The topological polar surface area (TPSA) is 69.6 Å². The molecule has 0 bridgehead atoms. The van der Waals surface area contributed by atoms with E-state index in [1.54, 1.807) is 19.1 Å². The molecule has 5 nitrogen and oxygen atoms in total. The van der Waals surface area contributed by atoms with Crippen LogP contribution in [0.2, 0.25) is 0 Å². The van der Waals surface area contributed by atoms with E-state index in [0.717, 1.165) is 5.56 Å². The summed E-state index contributed by atoms with van der Waals surface area (Å²) in [4.78, 5) is 25.1. The summed E-state index contributed by atoms with van der Waals surface area (Å²) < 4.78 is 12.9. The Labute approximate surface area is 123 Å². The fourth-order valence-corrected chi connectivity index (χ4v) is 1.89. The maximum Gasteiger partial charge on any atom is 0.242 e. The van der Waals surface area contributed by atoms with E-state index in [1.165, 1.54) is 24.0 Å². The average molecular weight is 296 g/mol. The van der Waals surface area contributed by atoms with Gasteiger partial charge in [-0.2, -0.15) is 0 Å². The lowest BCUT2D eigenvalue weighted by atomic mass is 10.1. The van der Waals surface area contributed by atoms with Crippen LogP contribution in [0, 0.1) is 5.82 Å². The molecule has 0 aliphatic carbocycles. The molecule has 2 amide bonds. The lowest BCUT2D eigenvalue weighted by Gasteiger charge is -2.27. The molecular formula is C15H21FN2O3. The van der Waals surface area contributed by atoms with Crippen molar-refractivity contribution in [1.29, 1.82) is 0 Å². The molecule has 2 N–H and O–H groups in total. The van der Waals surface area contributed by atoms with Crippen molar-refractivity contribution in [1.82, 2.24) is 10.2 Å². The number of rotatable bonds is 7. The molecule has 1 atom stereocenters. The molecule has 0 aliphatic heterocycles. The van der Waals surface area contributed by atoms with Crippen LogP contribution in [0.5, 0.6) is 0 Å². The van der Waals surface area contributed by atoms with Gasteiger partial charge in [0.15, 0.2) is 0 Å². The molecule has 0 aliphatic rings. The quantitative estimate of drug-likeness (QED) is 0.739. The third-order valence-corrected chi connectivity index (χ3v) is 3.15. The monoisotopic (exact) mass is 296 g/mol. The largest absolute Gasteiger partial charge is 0.396 e. The Morgan fingerprint density at radius 1 is 1.33 bits per heavy atom. The van der Waals surface area contributed by atoms with E-state index in [2.05, 4.69) is 5.32 Å². The second-order valence-corrected chi connectivity index (χ2v) is 4.82. The van der Waals surface area contributed by atoms with Crippen molar-refractivity contribution in [3.8, 4) is 0 Å². The molecule has 116 valence electrons. The zero-order valence-corrected chi connectivity index (χ0v) is 12.3. The van der Waals surface area contributed by atoms with Gasteiger partial charge in [0.05, 0.1) is 0 Å². The first-order valence-corrected chi connectivity index (χ1v) is 6.86. The molecule has 1 aromatic carbocycles. The third-order valence-electron chi connectivity index (χ3n) is 3.15. The SMILES string of the molecule is CC(=O)N(Cc1ccc(F)cc1)[C@@H](C)C(=O)NCCCO. The molecule has 0 aromatic heterocycles. The Kier molecular flexibility index (Phi) is 6.81. The Morgan fingerprint density at radius 3 is 2.48 bits per heavy atom. The van der Waals surface area contributed by atoms with Crippen LogP contribution >= 0.6 is 0 Å². The van der Waals surface area contributed by atoms with Gasteiger partial charge in [0.2, 0.25) is 11.8 Å². The first-order valence-electron chi connectivity index (χ1n) is 6.86. The number of nitrogens with one attached hydrogen (secondary N) is 1. The van der Waals surface area contributed by atoms with Gasteiger partial charge in [-0.25, -0.2) is 4.39 Å². The van der Waals surface area contributed by atoms with Gasteiger partial charge in [0.25, 0.3) is 0 Å². The van der Waals surface area contributed by atoms with Crippen LogP contribution in [0.15, 0.2) is 24.3 Å². The molecule has 0 saturated carbocycles. The second-order valence-electron chi connectivity index (χ2n) is 4.82. The summed E-state index contributed by atoms with van der Waals surface area (Å²) in [5, 5.41) is 11.3. The molecule has 0 radical (unpaired) electrons. The highest BCUT2D eigenvalue weighted by molar-refractivity contribution is 5.86. The molecule has 21 heavy (non-hydrogen) atoms. The summed E-state index contributed by atoms with van der Waals surface area (Å²) in [5.74, 6) is -0.854. The van der Waals surface area contributed by atoms with E-state index < -0.39 is 6.04 Å². The first-order chi connectivity index (χ1) is 9.95. The number of amides is 2. The number of benzene rings is 1. The normalized spacial score (nSPS) is 11.8. The minimum atomic E-state index is -0.633. The predicted molar refractivity (Wildman–Crippen MR) is 76.8 cm³/mol. The van der Waals surface area contributed by atoms with Crippen molar-refractivity contribution >= 4 is 11.8 Å². The summed E-state index contributed by atoms with van der Waals surface area (Å²) >= 11 is 0. The van der Waals surface area contributed by atoms with Crippen LogP contribution in [0.4, 0.5) is 4.39 Å². The van der Waals surface area contributed by atoms with Crippen LogP contribution < -0.4 is 5.32 Å². The van der Waals surface area contributed by atoms with E-state index in [4.69, 9.17) is 5.11 Å². The van der Waals surface area contributed by atoms with Gasteiger partial charge >= 0.3 is 0 Å². The number of aliphatic hydroxyl groups excluding tert-OH is 1. The van der Waals surface area contributed by atoms with Crippen molar-refractivity contribution in [3.05, 3.63) is 35.6 Å². The number of nitrogens with zero attached hydrogens (tertiary/aromatic N) is 1. The highest BCUT2D eigenvalue weighted by Crippen LogP contribution is 2.10. The number of hydrogen-bond donors (Lipinski definition) is 2. The summed E-state index contributed by atoms with van der Waals surface area (Å²) in [5.41, 5.74) is 0.751. The molecule has 0 heterocycles. The highest BCUT2D eigenvalue weighted by atomic mass is 19.1. The van der Waals surface area contributed by atoms with Crippen LogP contribution in [0.1, 0.15) is 25.8 Å². The van der Waals surface area contributed by atoms with E-state index in [-0.39, 0.29) is 30.8 Å². The van der Waals surface area contributed by atoms with Crippen molar-refractivity contribution in [3.63, 3.8) is 0 Å². The van der Waals surface area contributed by atoms with Crippen molar-refractivity contribution in [2.75, 3.05) is 13.2 Å². The van der Waals surface area contributed by atoms with Crippen LogP contribution in [0.3, 0.4) is 0 Å². The molecular weight excluding hydrogens is 275 g/mol. The van der Waals surface area contributed by atoms with Crippen molar-refractivity contribution < 1.29 is 19.1 Å². The van der Waals surface area contributed by atoms with Gasteiger partial charge in [-0.1, -0.05) is 12.1 Å². The molecule has 0 saturated heterocycles. The summed E-state index contributed by atoms with van der Waals surface area (Å²) in [6.45, 7) is 3.63. The maximum absolute atomic E-state index is 12.9. The van der Waals surface area contributed by atoms with Gasteiger partial charge in [0.1, 0.15) is 11.9 Å². The number of aliphatic hydroxyl groups is 1. The molecule has 1 aromatic rings. The van der Waals surface area contributed by atoms with Gasteiger partial charge in [0, 0.05) is 26.6 Å². The number of halogens is 1. The lowest BCUT2D eigenvalue weighted by Crippen LogP contribution is -2.47. The van der Waals surface area contributed by atoms with E-state index in [9.17, 15) is 14.0 Å². The molecule has 0 fully saturated rings. The summed E-state index contributed by atoms with van der Waals surface area (Å²) in [6.07, 6.45) is 0.469. The maximum atomic E-state index is 12.9. The van der Waals surface area contributed by atoms with Crippen molar-refractivity contribution in [2.45, 2.75) is 32.9 Å². The standard InChI is InChI=1S/C15H21FN2O3/c1-11(15(21)17-8-3-9-19)18(12(2)20)10-13-4-6-14(16)7-5-13/h4-7,11,19H,3,8-10H2,1-2H3,(H,17,21)/t11-/m0/s1. The predicted octanol–water partition coefficient (Wildman–Crippen LogP) is 1.06. The lowest BCUT2D eigenvalue weighted by molar-refractivity contribution is -0.139. The Hall–Kier alpha value is -1.95. The van der Waals surface area contributed by atoms with Crippen molar-refractivity contribution in [2.24, 2.45) is 0 Å². The minimum absolute atomic E-state index is 0.000658. The van der Waals surface area contributed by atoms with Gasteiger partial charge in [-0.15, -0.1) is 0 Å². The average Bonchev–Trinajstić information content (AvgIpc) is 2.45. The molecule has 0 spiro atoms. The Morgan fingerprint density at radius 2 is 1.95 bits per heavy atom. The van der Waals surface area contributed by atoms with E-state index in [1.807, 2.05) is 0 Å². The smallest absolute Gasteiger partial charge is 0.242 e. The fourth-order valence-electron chi connectivity index (χ4n) is 1.89. The summed E-state index contributed by atoms with van der Waals surface area (Å²) in [6, 6.07) is 5.18. The molecule has 6 heteroatoms. The van der Waals surface area contributed by atoms with E-state index in [0.29, 0.717) is 13.0 Å². The summed E-state index contributed by atoms with van der Waals surface area (Å²) in [7, 11) is 0. The second kappa shape index (κ2) is 8.36. The zero-order chi connectivity index (χ0) is 15.8. The number of carbonyl (C=O) groups is 2. The van der Waals surface area contributed by atoms with Gasteiger partial charge < -0.3 is 15.3 Å². The highest BCUT2D eigenvalue weighted by Gasteiger charge is 2.23. The van der Waals surface area contributed by atoms with Crippen LogP contribution in [-0.4, -0.2) is 41.0 Å². The third kappa shape index (κ3) is 5.51. The van der Waals surface area contributed by atoms with Gasteiger partial charge in [-0.05, 0) is 31.0 Å². The Bertz CT molecular complexity index is 476. The first kappa shape index (κ1) is 17.1.